The van der Waals surface area contributed by atoms with Crippen molar-refractivity contribution in [2.75, 3.05) is 6.61 Å². The number of fused-ring (bicyclic) bond motifs is 1. The summed E-state index contributed by atoms with van der Waals surface area (Å²) in [5, 5.41) is 0. The highest BCUT2D eigenvalue weighted by molar-refractivity contribution is 5.89. The summed E-state index contributed by atoms with van der Waals surface area (Å²) in [4.78, 5) is 19.2. The van der Waals surface area contributed by atoms with Gasteiger partial charge < -0.3 is 9.72 Å². The van der Waals surface area contributed by atoms with Crippen molar-refractivity contribution in [2.24, 2.45) is 0 Å². The number of carbonyl (C=O) groups is 1. The van der Waals surface area contributed by atoms with Crippen LogP contribution in [0.1, 0.15) is 17.3 Å². The number of H-pyrrole nitrogens is 1. The van der Waals surface area contributed by atoms with Crippen molar-refractivity contribution in [2.45, 2.75) is 6.92 Å². The zero-order valence-corrected chi connectivity index (χ0v) is 10.5. The number of nitrogens with one attached hydrogen (secondary N) is 1. The number of aromatic amines is 1. The molecule has 2 heterocycles. The van der Waals surface area contributed by atoms with Crippen LogP contribution < -0.4 is 0 Å². The monoisotopic (exact) mass is 255 g/mol. The summed E-state index contributed by atoms with van der Waals surface area (Å²) in [5.74, 6) is 0.356. The number of hydrogen-bond donors (Lipinski definition) is 1. The van der Waals surface area contributed by atoms with Gasteiger partial charge in [-0.25, -0.2) is 9.78 Å². The summed E-state index contributed by atoms with van der Waals surface area (Å²) in [5.41, 5.74) is 2.37. The van der Waals surface area contributed by atoms with E-state index in [1.54, 1.807) is 30.0 Å². The van der Waals surface area contributed by atoms with Crippen molar-refractivity contribution in [3.8, 4) is 5.95 Å². The molecule has 0 aliphatic carbocycles. The van der Waals surface area contributed by atoms with Crippen molar-refractivity contribution >= 4 is 17.0 Å². The Morgan fingerprint density at radius 2 is 2.21 bits per heavy atom. The maximum Gasteiger partial charge on any atom is 0.339 e. The predicted molar refractivity (Wildman–Crippen MR) is 71.4 cm³/mol. The molecule has 3 rings (SSSR count). The molecule has 19 heavy (non-hydrogen) atoms. The Bertz CT molecular complexity index is 694. The van der Waals surface area contributed by atoms with Crippen molar-refractivity contribution in [1.82, 2.24) is 14.5 Å². The summed E-state index contributed by atoms with van der Waals surface area (Å²) in [6.07, 6.45) is 3.49. The highest BCUT2D eigenvalue weighted by Crippen LogP contribution is 2.14. The lowest BCUT2D eigenvalue weighted by Gasteiger charge is -1.98. The number of nitrogens with zero attached hydrogens (tertiary/aromatic N) is 2. The molecule has 0 spiro atoms. The summed E-state index contributed by atoms with van der Waals surface area (Å²) < 4.78 is 6.72. The lowest BCUT2D eigenvalue weighted by Crippen LogP contribution is -2.03. The van der Waals surface area contributed by atoms with Gasteiger partial charge in [0, 0.05) is 12.4 Å². The van der Waals surface area contributed by atoms with Gasteiger partial charge in [-0.1, -0.05) is 12.1 Å². The average molecular weight is 255 g/mol. The van der Waals surface area contributed by atoms with Crippen molar-refractivity contribution < 1.29 is 9.53 Å². The number of ether oxygens (including phenoxy) is 1. The van der Waals surface area contributed by atoms with Gasteiger partial charge in [0.25, 0.3) is 0 Å². The number of carbonyl (C=O) groups excluding carboxylic acids is 1. The molecule has 3 aromatic rings. The molecule has 0 radical (unpaired) electrons. The van der Waals surface area contributed by atoms with Gasteiger partial charge in [0.1, 0.15) is 0 Å². The molecule has 0 amide bonds. The van der Waals surface area contributed by atoms with E-state index in [0.717, 1.165) is 11.0 Å². The lowest BCUT2D eigenvalue weighted by atomic mass is 10.3. The third kappa shape index (κ3) is 2.10. The van der Waals surface area contributed by atoms with Gasteiger partial charge in [0.05, 0.1) is 23.2 Å². The molecule has 0 saturated carbocycles. The highest BCUT2D eigenvalue weighted by Gasteiger charge is 2.10. The van der Waals surface area contributed by atoms with Crippen LogP contribution in [0.15, 0.2) is 42.7 Å². The Morgan fingerprint density at radius 3 is 3.00 bits per heavy atom. The Morgan fingerprint density at radius 1 is 1.37 bits per heavy atom. The number of rotatable bonds is 3. The van der Waals surface area contributed by atoms with E-state index in [0.29, 0.717) is 18.1 Å². The minimum atomic E-state index is -0.322. The second kappa shape index (κ2) is 4.61. The largest absolute Gasteiger partial charge is 0.462 e. The number of aromatic nitrogens is 3. The Kier molecular flexibility index (Phi) is 2.79. The molecule has 1 aromatic carbocycles. The van der Waals surface area contributed by atoms with E-state index in [9.17, 15) is 4.79 Å². The first kappa shape index (κ1) is 11.5. The van der Waals surface area contributed by atoms with Gasteiger partial charge in [-0.3, -0.25) is 4.57 Å². The van der Waals surface area contributed by atoms with E-state index in [1.807, 2.05) is 24.3 Å². The molecular formula is C14H13N3O2. The van der Waals surface area contributed by atoms with E-state index in [2.05, 4.69) is 9.97 Å². The van der Waals surface area contributed by atoms with Gasteiger partial charge in [-0.05, 0) is 25.1 Å². The van der Waals surface area contributed by atoms with E-state index in [-0.39, 0.29) is 5.97 Å². The molecule has 2 aromatic heterocycles. The van der Waals surface area contributed by atoms with Gasteiger partial charge in [0.2, 0.25) is 5.95 Å². The van der Waals surface area contributed by atoms with Crippen LogP contribution in [-0.2, 0) is 4.74 Å². The molecule has 1 N–H and O–H groups in total. The van der Waals surface area contributed by atoms with Crippen LogP contribution >= 0.6 is 0 Å². The molecule has 0 saturated heterocycles. The SMILES string of the molecule is CCOC(=O)c1ccn(-c2nc3ccccc3[nH]2)c1. The maximum atomic E-state index is 11.6. The second-order valence-electron chi connectivity index (χ2n) is 4.11. The second-order valence-corrected chi connectivity index (χ2v) is 4.11. The molecule has 0 atom stereocenters. The van der Waals surface area contributed by atoms with Crippen LogP contribution in [0.3, 0.4) is 0 Å². The third-order valence-electron chi connectivity index (χ3n) is 2.83. The molecule has 0 aliphatic heterocycles. The van der Waals surface area contributed by atoms with Gasteiger partial charge in [-0.2, -0.15) is 0 Å². The maximum absolute atomic E-state index is 11.6. The summed E-state index contributed by atoms with van der Waals surface area (Å²) >= 11 is 0. The first-order valence-corrected chi connectivity index (χ1v) is 6.08. The van der Waals surface area contributed by atoms with Crippen LogP contribution in [0.25, 0.3) is 17.0 Å². The van der Waals surface area contributed by atoms with Gasteiger partial charge in [0.15, 0.2) is 0 Å². The number of para-hydroxylation sites is 2. The topological polar surface area (TPSA) is 59.9 Å². The van der Waals surface area contributed by atoms with Gasteiger partial charge >= 0.3 is 5.97 Å². The lowest BCUT2D eigenvalue weighted by molar-refractivity contribution is 0.0526. The minimum Gasteiger partial charge on any atom is -0.462 e. The molecule has 0 unspecified atom stereocenters. The Labute approximate surface area is 109 Å². The standard InChI is InChI=1S/C14H13N3O2/c1-2-19-13(18)10-7-8-17(9-10)14-15-11-5-3-4-6-12(11)16-14/h3-9H,2H2,1H3,(H,15,16). The fourth-order valence-corrected chi connectivity index (χ4v) is 1.93. The van der Waals surface area contributed by atoms with Crippen molar-refractivity contribution in [3.05, 3.63) is 48.3 Å². The molecule has 5 nitrogen and oxygen atoms in total. The summed E-state index contributed by atoms with van der Waals surface area (Å²) in [7, 11) is 0. The van der Waals surface area contributed by atoms with E-state index in [4.69, 9.17) is 4.74 Å². The van der Waals surface area contributed by atoms with Crippen LogP contribution in [0, 0.1) is 0 Å². The molecule has 0 bridgehead atoms. The fourth-order valence-electron chi connectivity index (χ4n) is 1.93. The van der Waals surface area contributed by atoms with Crippen LogP contribution in [-0.4, -0.2) is 27.1 Å². The molecule has 5 heteroatoms. The molecule has 0 aliphatic rings. The molecular weight excluding hydrogens is 242 g/mol. The first-order chi connectivity index (χ1) is 9.28. The first-order valence-electron chi connectivity index (χ1n) is 6.08. The van der Waals surface area contributed by atoms with Gasteiger partial charge in [-0.15, -0.1) is 0 Å². The summed E-state index contributed by atoms with van der Waals surface area (Å²) in [6, 6.07) is 9.49. The predicted octanol–water partition coefficient (Wildman–Crippen LogP) is 2.53. The quantitative estimate of drug-likeness (QED) is 0.731. The zero-order valence-electron chi connectivity index (χ0n) is 10.5. The van der Waals surface area contributed by atoms with Crippen LogP contribution in [0.2, 0.25) is 0 Å². The fraction of sp³-hybridized carbons (Fsp3) is 0.143. The van der Waals surface area contributed by atoms with E-state index in [1.165, 1.54) is 0 Å². The van der Waals surface area contributed by atoms with Crippen molar-refractivity contribution in [1.29, 1.82) is 0 Å². The number of imidazole rings is 1. The molecule has 96 valence electrons. The number of hydrogen-bond acceptors (Lipinski definition) is 3. The van der Waals surface area contributed by atoms with Crippen LogP contribution in [0.4, 0.5) is 0 Å². The molecule has 0 fully saturated rings. The third-order valence-corrected chi connectivity index (χ3v) is 2.83. The van der Waals surface area contributed by atoms with E-state index < -0.39 is 0 Å². The zero-order chi connectivity index (χ0) is 13.2. The van der Waals surface area contributed by atoms with E-state index >= 15 is 0 Å². The van der Waals surface area contributed by atoms with Crippen molar-refractivity contribution in [3.63, 3.8) is 0 Å². The highest BCUT2D eigenvalue weighted by atomic mass is 16.5. The Hall–Kier alpha value is -2.56. The Balaban J connectivity index is 1.96. The minimum absolute atomic E-state index is 0.322. The number of esters is 1. The average Bonchev–Trinajstić information content (AvgIpc) is 3.05. The number of benzene rings is 1. The van der Waals surface area contributed by atoms with Crippen LogP contribution in [0.5, 0.6) is 0 Å². The smallest absolute Gasteiger partial charge is 0.339 e. The summed E-state index contributed by atoms with van der Waals surface area (Å²) in [6.45, 7) is 2.16. The normalized spacial score (nSPS) is 10.8.